The number of furan rings is 1. The van der Waals surface area contributed by atoms with Gasteiger partial charge in [-0.1, -0.05) is 47.1 Å². The van der Waals surface area contributed by atoms with Crippen molar-refractivity contribution in [2.24, 2.45) is 5.73 Å². The van der Waals surface area contributed by atoms with Crippen molar-refractivity contribution in [3.8, 4) is 0 Å². The maximum Gasteiger partial charge on any atom is 0.134 e. The van der Waals surface area contributed by atoms with Crippen molar-refractivity contribution < 1.29 is 8.81 Å². The predicted octanol–water partition coefficient (Wildman–Crippen LogP) is 4.94. The molecule has 108 valence electrons. The molecule has 2 N–H and O–H groups in total. The van der Waals surface area contributed by atoms with Gasteiger partial charge in [0.2, 0.25) is 0 Å². The van der Waals surface area contributed by atoms with E-state index < -0.39 is 6.04 Å². The number of fused-ring (bicyclic) bond motifs is 1. The maximum atomic E-state index is 14.2. The first-order valence-electron chi connectivity index (χ1n) is 6.82. The molecule has 0 saturated heterocycles. The molecule has 0 saturated carbocycles. The molecular weight excluding hydrogens is 333 g/mol. The average Bonchev–Trinajstić information content (AvgIpc) is 2.85. The van der Waals surface area contributed by atoms with Crippen molar-refractivity contribution in [2.75, 3.05) is 0 Å². The lowest BCUT2D eigenvalue weighted by atomic mass is 9.95. The summed E-state index contributed by atoms with van der Waals surface area (Å²) in [6, 6.07) is 12.1. The molecule has 0 aliphatic rings. The highest BCUT2D eigenvalue weighted by Crippen LogP contribution is 2.34. The van der Waals surface area contributed by atoms with Crippen LogP contribution in [-0.2, 0) is 6.42 Å². The minimum atomic E-state index is -0.545. The van der Waals surface area contributed by atoms with Gasteiger partial charge < -0.3 is 10.2 Å². The second-order valence-electron chi connectivity index (χ2n) is 4.93. The summed E-state index contributed by atoms with van der Waals surface area (Å²) in [5.41, 5.74) is 8.47. The lowest BCUT2D eigenvalue weighted by molar-refractivity contribution is 0.543. The molecule has 21 heavy (non-hydrogen) atoms. The third-order valence-electron chi connectivity index (χ3n) is 3.64. The monoisotopic (exact) mass is 347 g/mol. The van der Waals surface area contributed by atoms with Crippen molar-refractivity contribution in [1.29, 1.82) is 0 Å². The normalized spacial score (nSPS) is 12.8. The average molecular weight is 348 g/mol. The first-order chi connectivity index (χ1) is 10.1. The summed E-state index contributed by atoms with van der Waals surface area (Å²) in [7, 11) is 0. The molecule has 2 aromatic carbocycles. The predicted molar refractivity (Wildman–Crippen MR) is 85.7 cm³/mol. The van der Waals surface area contributed by atoms with Gasteiger partial charge in [-0.3, -0.25) is 0 Å². The Balaban J connectivity index is 2.18. The van der Waals surface area contributed by atoms with Crippen LogP contribution in [0.3, 0.4) is 0 Å². The molecule has 3 rings (SSSR count). The Morgan fingerprint density at radius 3 is 2.71 bits per heavy atom. The summed E-state index contributed by atoms with van der Waals surface area (Å²) in [5.74, 6) is 0.496. The third-order valence-corrected chi connectivity index (χ3v) is 4.13. The van der Waals surface area contributed by atoms with Gasteiger partial charge >= 0.3 is 0 Å². The largest absolute Gasteiger partial charge is 0.461 e. The SMILES string of the molecule is CCc1oc2ccccc2c1C(N)c1ccc(Br)cc1F. The number of para-hydroxylation sites is 1. The molecule has 1 heterocycles. The van der Waals surface area contributed by atoms with E-state index >= 15 is 0 Å². The minimum absolute atomic E-state index is 0.316. The molecule has 1 aromatic heterocycles. The maximum absolute atomic E-state index is 14.2. The molecule has 3 aromatic rings. The van der Waals surface area contributed by atoms with Crippen molar-refractivity contribution in [1.82, 2.24) is 0 Å². The van der Waals surface area contributed by atoms with E-state index in [0.29, 0.717) is 10.0 Å². The first kappa shape index (κ1) is 14.3. The van der Waals surface area contributed by atoms with Crippen molar-refractivity contribution >= 4 is 26.9 Å². The highest BCUT2D eigenvalue weighted by Gasteiger charge is 2.22. The van der Waals surface area contributed by atoms with Crippen LogP contribution in [0.4, 0.5) is 4.39 Å². The van der Waals surface area contributed by atoms with E-state index in [-0.39, 0.29) is 5.82 Å². The fourth-order valence-corrected chi connectivity index (χ4v) is 2.96. The fourth-order valence-electron chi connectivity index (χ4n) is 2.63. The van der Waals surface area contributed by atoms with E-state index in [9.17, 15) is 4.39 Å². The Kier molecular flexibility index (Phi) is 3.83. The van der Waals surface area contributed by atoms with Crippen molar-refractivity contribution in [3.05, 3.63) is 69.6 Å². The molecule has 1 unspecified atom stereocenters. The van der Waals surface area contributed by atoms with Crippen molar-refractivity contribution in [3.63, 3.8) is 0 Å². The molecule has 0 radical (unpaired) electrons. The van der Waals surface area contributed by atoms with Gasteiger partial charge in [-0.05, 0) is 18.2 Å². The smallest absolute Gasteiger partial charge is 0.134 e. The summed E-state index contributed by atoms with van der Waals surface area (Å²) in [6.07, 6.45) is 0.718. The van der Waals surface area contributed by atoms with Crippen LogP contribution < -0.4 is 5.73 Å². The van der Waals surface area contributed by atoms with Gasteiger partial charge in [-0.25, -0.2) is 4.39 Å². The number of nitrogens with two attached hydrogens (primary N) is 1. The van der Waals surface area contributed by atoms with Crippen LogP contribution in [-0.4, -0.2) is 0 Å². The second-order valence-corrected chi connectivity index (χ2v) is 5.85. The number of benzene rings is 2. The van der Waals surface area contributed by atoms with Gasteiger partial charge in [0, 0.05) is 27.4 Å². The van der Waals surface area contributed by atoms with Crippen LogP contribution in [0.5, 0.6) is 0 Å². The molecule has 0 aliphatic heterocycles. The summed E-state index contributed by atoms with van der Waals surface area (Å²) in [5, 5.41) is 0.948. The van der Waals surface area contributed by atoms with Gasteiger partial charge in [-0.15, -0.1) is 0 Å². The molecule has 0 bridgehead atoms. The lowest BCUT2D eigenvalue weighted by Crippen LogP contribution is -2.14. The molecule has 0 fully saturated rings. The van der Waals surface area contributed by atoms with Crippen LogP contribution in [0.15, 0.2) is 51.4 Å². The van der Waals surface area contributed by atoms with Crippen LogP contribution in [0.25, 0.3) is 11.0 Å². The van der Waals surface area contributed by atoms with E-state index in [1.54, 1.807) is 12.1 Å². The standard InChI is InChI=1S/C17H15BrFNO/c1-2-14-16(12-5-3-4-6-15(12)21-14)17(20)11-8-7-10(18)9-13(11)19/h3-9,17H,2,20H2,1H3. The zero-order valence-corrected chi connectivity index (χ0v) is 13.2. The third kappa shape index (κ3) is 2.49. The Morgan fingerprint density at radius 1 is 1.24 bits per heavy atom. The van der Waals surface area contributed by atoms with Crippen molar-refractivity contribution in [2.45, 2.75) is 19.4 Å². The Labute approximate surface area is 130 Å². The Bertz CT molecular complexity index is 797. The Morgan fingerprint density at radius 2 is 2.00 bits per heavy atom. The molecule has 0 amide bonds. The number of hydrogen-bond donors (Lipinski definition) is 1. The van der Waals surface area contributed by atoms with E-state index in [1.165, 1.54) is 6.07 Å². The van der Waals surface area contributed by atoms with Crippen LogP contribution in [0.1, 0.15) is 29.9 Å². The minimum Gasteiger partial charge on any atom is -0.461 e. The van der Waals surface area contributed by atoms with Gasteiger partial charge in [0.05, 0.1) is 6.04 Å². The van der Waals surface area contributed by atoms with Gasteiger partial charge in [-0.2, -0.15) is 0 Å². The van der Waals surface area contributed by atoms with Gasteiger partial charge in [0.15, 0.2) is 0 Å². The lowest BCUT2D eigenvalue weighted by Gasteiger charge is -2.14. The summed E-state index contributed by atoms with van der Waals surface area (Å²) >= 11 is 3.26. The van der Waals surface area contributed by atoms with Gasteiger partial charge in [0.25, 0.3) is 0 Å². The van der Waals surface area contributed by atoms with E-state index in [2.05, 4.69) is 15.9 Å². The van der Waals surface area contributed by atoms with Crippen LogP contribution in [0, 0.1) is 5.82 Å². The summed E-state index contributed by atoms with van der Waals surface area (Å²) < 4.78 is 20.7. The van der Waals surface area contributed by atoms with Crippen LogP contribution >= 0.6 is 15.9 Å². The highest BCUT2D eigenvalue weighted by atomic mass is 79.9. The molecule has 4 heteroatoms. The van der Waals surface area contributed by atoms with Crippen LogP contribution in [0.2, 0.25) is 0 Å². The molecule has 2 nitrogen and oxygen atoms in total. The number of halogens is 2. The molecule has 0 spiro atoms. The molecular formula is C17H15BrFNO. The van der Waals surface area contributed by atoms with E-state index in [0.717, 1.165) is 28.7 Å². The first-order valence-corrected chi connectivity index (χ1v) is 7.62. The summed E-state index contributed by atoms with van der Waals surface area (Å²) in [4.78, 5) is 0. The number of rotatable bonds is 3. The quantitative estimate of drug-likeness (QED) is 0.728. The number of hydrogen-bond acceptors (Lipinski definition) is 2. The van der Waals surface area contributed by atoms with E-state index in [4.69, 9.17) is 10.2 Å². The summed E-state index contributed by atoms with van der Waals surface area (Å²) in [6.45, 7) is 2.01. The number of aryl methyl sites for hydroxylation is 1. The fraction of sp³-hybridized carbons (Fsp3) is 0.176. The molecule has 1 atom stereocenters. The second kappa shape index (κ2) is 5.62. The zero-order valence-electron chi connectivity index (χ0n) is 11.6. The van der Waals surface area contributed by atoms with E-state index in [1.807, 2.05) is 31.2 Å². The highest BCUT2D eigenvalue weighted by molar-refractivity contribution is 9.10. The van der Waals surface area contributed by atoms with Gasteiger partial charge in [0.1, 0.15) is 17.2 Å². The molecule has 0 aliphatic carbocycles. The zero-order chi connectivity index (χ0) is 15.0. The Hall–Kier alpha value is -1.65. The topological polar surface area (TPSA) is 39.2 Å².